The van der Waals surface area contributed by atoms with E-state index in [0.717, 1.165) is 11.3 Å². The highest BCUT2D eigenvalue weighted by molar-refractivity contribution is 5.90. The van der Waals surface area contributed by atoms with Gasteiger partial charge in [-0.25, -0.2) is 0 Å². The highest BCUT2D eigenvalue weighted by Crippen LogP contribution is 2.44. The first kappa shape index (κ1) is 15.5. The number of Topliss-reactive ketones (excluding diaryl/α,β-unsaturated/α-hetero) is 1. The first-order valence-electron chi connectivity index (χ1n) is 7.47. The molecule has 0 unspecified atom stereocenters. The summed E-state index contributed by atoms with van der Waals surface area (Å²) < 4.78 is 5.13. The first-order chi connectivity index (χ1) is 10.9. The predicted octanol–water partition coefficient (Wildman–Crippen LogP) is 2.32. The van der Waals surface area contributed by atoms with Crippen molar-refractivity contribution in [3.05, 3.63) is 39.9 Å². The second-order valence-corrected chi connectivity index (χ2v) is 6.17. The van der Waals surface area contributed by atoms with Crippen molar-refractivity contribution < 1.29 is 19.3 Å². The number of hydrogen-bond donors (Lipinski definition) is 0. The van der Waals surface area contributed by atoms with E-state index in [1.807, 2.05) is 24.3 Å². The summed E-state index contributed by atoms with van der Waals surface area (Å²) in [5.41, 5.74) is 0.111. The summed E-state index contributed by atoms with van der Waals surface area (Å²) in [6.07, 6.45) is 0.796. The summed E-state index contributed by atoms with van der Waals surface area (Å²) in [5, 5.41) is 15.2. The van der Waals surface area contributed by atoms with E-state index >= 15 is 0 Å². The van der Waals surface area contributed by atoms with Gasteiger partial charge >= 0.3 is 0 Å². The lowest BCUT2D eigenvalue weighted by Crippen LogP contribution is -2.52. The van der Waals surface area contributed by atoms with Crippen molar-refractivity contribution in [2.75, 3.05) is 7.11 Å². The van der Waals surface area contributed by atoms with Gasteiger partial charge in [0.05, 0.1) is 13.5 Å². The molecule has 0 aromatic heterocycles. The average molecular weight is 318 g/mol. The number of oxime groups is 1. The molecule has 23 heavy (non-hydrogen) atoms. The van der Waals surface area contributed by atoms with Crippen LogP contribution < -0.4 is 4.74 Å². The number of benzene rings is 1. The van der Waals surface area contributed by atoms with Crippen LogP contribution in [0.3, 0.4) is 0 Å². The van der Waals surface area contributed by atoms with E-state index in [4.69, 9.17) is 9.57 Å². The lowest BCUT2D eigenvalue weighted by atomic mass is 9.71. The number of hydrogen-bond acceptors (Lipinski definition) is 6. The van der Waals surface area contributed by atoms with Gasteiger partial charge in [0, 0.05) is 17.8 Å². The molecule has 1 spiro atoms. The molecule has 1 saturated carbocycles. The number of carbonyl (C=O) groups is 1. The highest BCUT2D eigenvalue weighted by Gasteiger charge is 2.59. The van der Waals surface area contributed by atoms with Crippen molar-refractivity contribution in [3.8, 4) is 5.75 Å². The van der Waals surface area contributed by atoms with E-state index in [9.17, 15) is 14.9 Å². The molecule has 0 amide bonds. The second-order valence-electron chi connectivity index (χ2n) is 6.17. The maximum Gasteiger partial charge on any atom is 0.295 e. The number of methoxy groups -OCH3 is 1. The van der Waals surface area contributed by atoms with E-state index in [0.29, 0.717) is 18.6 Å². The van der Waals surface area contributed by atoms with Gasteiger partial charge < -0.3 is 9.57 Å². The SMILES string of the molecule is COc1ccc([C@H]2CC(=O)C[C@@]3(C2)ON=C(C)[C@@H]3[N+](=O)[O-])cc1. The minimum Gasteiger partial charge on any atom is -0.497 e. The molecule has 2 aliphatic rings. The third-order valence-corrected chi connectivity index (χ3v) is 4.63. The quantitative estimate of drug-likeness (QED) is 0.630. The Morgan fingerprint density at radius 1 is 1.39 bits per heavy atom. The maximum absolute atomic E-state index is 12.2. The smallest absolute Gasteiger partial charge is 0.295 e. The fraction of sp³-hybridized carbons (Fsp3) is 0.500. The van der Waals surface area contributed by atoms with Gasteiger partial charge in [0.15, 0.2) is 0 Å². The Kier molecular flexibility index (Phi) is 3.79. The zero-order chi connectivity index (χ0) is 16.6. The monoisotopic (exact) mass is 318 g/mol. The van der Waals surface area contributed by atoms with E-state index in [2.05, 4.69) is 5.16 Å². The molecule has 1 aliphatic heterocycles. The van der Waals surface area contributed by atoms with Crippen molar-refractivity contribution in [1.29, 1.82) is 0 Å². The third kappa shape index (κ3) is 2.67. The van der Waals surface area contributed by atoms with Gasteiger partial charge in [-0.15, -0.1) is 0 Å². The van der Waals surface area contributed by atoms with Gasteiger partial charge in [-0.2, -0.15) is 0 Å². The zero-order valence-electron chi connectivity index (χ0n) is 13.0. The van der Waals surface area contributed by atoms with E-state index in [1.165, 1.54) is 0 Å². The Hall–Kier alpha value is -2.44. The normalized spacial score (nSPS) is 30.0. The van der Waals surface area contributed by atoms with Crippen molar-refractivity contribution in [1.82, 2.24) is 0 Å². The Balaban J connectivity index is 1.90. The van der Waals surface area contributed by atoms with Crippen LogP contribution in [0.5, 0.6) is 5.75 Å². The minimum absolute atomic E-state index is 0.0335. The molecular weight excluding hydrogens is 300 g/mol. The topological polar surface area (TPSA) is 91.0 Å². The average Bonchev–Trinajstić information content (AvgIpc) is 2.82. The van der Waals surface area contributed by atoms with Crippen molar-refractivity contribution in [2.45, 2.75) is 43.7 Å². The van der Waals surface area contributed by atoms with Crippen molar-refractivity contribution in [3.63, 3.8) is 0 Å². The summed E-state index contributed by atoms with van der Waals surface area (Å²) in [5.74, 6) is 0.574. The molecular formula is C16H18N2O5. The fourth-order valence-corrected chi connectivity index (χ4v) is 3.62. The highest BCUT2D eigenvalue weighted by atomic mass is 16.7. The third-order valence-electron chi connectivity index (χ3n) is 4.63. The molecule has 122 valence electrons. The molecule has 1 aromatic rings. The molecule has 0 bridgehead atoms. The van der Waals surface area contributed by atoms with Crippen molar-refractivity contribution >= 4 is 11.5 Å². The van der Waals surface area contributed by atoms with Crippen LogP contribution in [0.4, 0.5) is 0 Å². The fourth-order valence-electron chi connectivity index (χ4n) is 3.62. The van der Waals surface area contributed by atoms with Gasteiger partial charge in [-0.3, -0.25) is 14.9 Å². The second kappa shape index (κ2) is 5.64. The summed E-state index contributed by atoms with van der Waals surface area (Å²) in [7, 11) is 1.59. The van der Waals surface area contributed by atoms with Gasteiger partial charge in [-0.1, -0.05) is 17.3 Å². The van der Waals surface area contributed by atoms with Crippen LogP contribution in [-0.2, 0) is 9.63 Å². The van der Waals surface area contributed by atoms with Gasteiger partial charge in [0.1, 0.15) is 17.2 Å². The summed E-state index contributed by atoms with van der Waals surface area (Å²) in [4.78, 5) is 28.7. The van der Waals surface area contributed by atoms with E-state index in [1.54, 1.807) is 14.0 Å². The van der Waals surface area contributed by atoms with E-state index < -0.39 is 16.6 Å². The number of nitrogens with zero attached hydrogens (tertiary/aromatic N) is 2. The lowest BCUT2D eigenvalue weighted by Gasteiger charge is -2.35. The van der Waals surface area contributed by atoms with Crippen LogP contribution in [0.15, 0.2) is 29.4 Å². The molecule has 7 nitrogen and oxygen atoms in total. The standard InChI is InChI=1S/C16H18N2O5/c1-10-15(18(20)21)16(23-17-10)8-12(7-13(19)9-16)11-3-5-14(22-2)6-4-11/h3-6,12,15H,7-9H2,1-2H3/t12-,15-,16+/m0/s1. The van der Waals surface area contributed by atoms with Crippen LogP contribution >= 0.6 is 0 Å². The van der Waals surface area contributed by atoms with Crippen LogP contribution in [0.1, 0.15) is 37.7 Å². The number of rotatable bonds is 3. The molecule has 0 saturated heterocycles. The summed E-state index contributed by atoms with van der Waals surface area (Å²) in [6, 6.07) is 6.36. The van der Waals surface area contributed by atoms with Gasteiger partial charge in [0.25, 0.3) is 6.04 Å². The summed E-state index contributed by atoms with van der Waals surface area (Å²) >= 11 is 0. The largest absolute Gasteiger partial charge is 0.497 e. The number of nitro groups is 1. The molecule has 0 N–H and O–H groups in total. The van der Waals surface area contributed by atoms with Crippen LogP contribution in [0.25, 0.3) is 0 Å². The first-order valence-corrected chi connectivity index (χ1v) is 7.47. The number of carbonyl (C=O) groups excluding carboxylic acids is 1. The number of ether oxygens (including phenoxy) is 1. The molecule has 1 aliphatic carbocycles. The molecule has 1 aromatic carbocycles. The van der Waals surface area contributed by atoms with Crippen molar-refractivity contribution in [2.24, 2.45) is 5.16 Å². The van der Waals surface area contributed by atoms with Crippen LogP contribution in [0, 0.1) is 10.1 Å². The lowest BCUT2D eigenvalue weighted by molar-refractivity contribution is -0.523. The minimum atomic E-state index is -1.16. The molecule has 7 heteroatoms. The van der Waals surface area contributed by atoms with Gasteiger partial charge in [0.2, 0.25) is 5.60 Å². The predicted molar refractivity (Wildman–Crippen MR) is 82.3 cm³/mol. The summed E-state index contributed by atoms with van der Waals surface area (Å²) in [6.45, 7) is 1.57. The Labute approximate surface area is 133 Å². The van der Waals surface area contributed by atoms with Gasteiger partial charge in [-0.05, 0) is 30.5 Å². The molecule has 0 radical (unpaired) electrons. The number of ketones is 1. The zero-order valence-corrected chi connectivity index (χ0v) is 13.0. The maximum atomic E-state index is 12.2. The van der Waals surface area contributed by atoms with Crippen LogP contribution in [-0.4, -0.2) is 35.2 Å². The van der Waals surface area contributed by atoms with E-state index in [-0.39, 0.29) is 18.1 Å². The molecule has 3 rings (SSSR count). The Morgan fingerprint density at radius 3 is 2.70 bits per heavy atom. The van der Waals surface area contributed by atoms with Crippen LogP contribution in [0.2, 0.25) is 0 Å². The molecule has 3 atom stereocenters. The Bertz CT molecular complexity index is 670. The molecule has 1 fully saturated rings. The molecule has 1 heterocycles. The Morgan fingerprint density at radius 2 is 2.09 bits per heavy atom.